The van der Waals surface area contributed by atoms with Crippen LogP contribution >= 0.6 is 0 Å². The predicted molar refractivity (Wildman–Crippen MR) is 82.9 cm³/mol. The SMILES string of the molecule is CCCCCC(C)NC(=O)CN1CCN(S(N)(=O)=O)CC1. The van der Waals surface area contributed by atoms with E-state index >= 15 is 0 Å². The summed E-state index contributed by atoms with van der Waals surface area (Å²) in [6, 6.07) is 0.190. The van der Waals surface area contributed by atoms with Gasteiger partial charge in [-0.25, -0.2) is 5.14 Å². The van der Waals surface area contributed by atoms with Crippen molar-refractivity contribution < 1.29 is 13.2 Å². The molecule has 0 aromatic rings. The number of nitrogens with zero attached hydrogens (tertiary/aromatic N) is 2. The number of hydrogen-bond donors (Lipinski definition) is 2. The van der Waals surface area contributed by atoms with E-state index in [2.05, 4.69) is 12.2 Å². The molecule has 1 heterocycles. The number of carbonyl (C=O) groups excluding carboxylic acids is 1. The monoisotopic (exact) mass is 320 g/mol. The van der Waals surface area contributed by atoms with Crippen LogP contribution in [0.1, 0.15) is 39.5 Å². The van der Waals surface area contributed by atoms with Crippen molar-refractivity contribution in [3.05, 3.63) is 0 Å². The number of unbranched alkanes of at least 4 members (excludes halogenated alkanes) is 2. The lowest BCUT2D eigenvalue weighted by Crippen LogP contribution is -2.53. The van der Waals surface area contributed by atoms with Gasteiger partial charge in [-0.3, -0.25) is 9.69 Å². The van der Waals surface area contributed by atoms with Crippen LogP contribution in [0.4, 0.5) is 0 Å². The van der Waals surface area contributed by atoms with Gasteiger partial charge in [-0.05, 0) is 13.3 Å². The lowest BCUT2D eigenvalue weighted by molar-refractivity contribution is -0.123. The smallest absolute Gasteiger partial charge is 0.276 e. The van der Waals surface area contributed by atoms with Crippen molar-refractivity contribution in [2.45, 2.75) is 45.6 Å². The van der Waals surface area contributed by atoms with Crippen LogP contribution in [0.3, 0.4) is 0 Å². The van der Waals surface area contributed by atoms with Gasteiger partial charge >= 0.3 is 0 Å². The highest BCUT2D eigenvalue weighted by Gasteiger charge is 2.24. The maximum absolute atomic E-state index is 11.9. The van der Waals surface area contributed by atoms with Crippen LogP contribution in [-0.2, 0) is 15.0 Å². The maximum atomic E-state index is 11.9. The molecule has 0 aromatic carbocycles. The normalized spacial score (nSPS) is 19.4. The molecule has 0 aliphatic carbocycles. The van der Waals surface area contributed by atoms with Gasteiger partial charge < -0.3 is 5.32 Å². The molecule has 21 heavy (non-hydrogen) atoms. The first-order valence-electron chi connectivity index (χ1n) is 7.62. The number of carbonyl (C=O) groups is 1. The third-order valence-corrected chi connectivity index (χ3v) is 4.79. The number of piperazine rings is 1. The highest BCUT2D eigenvalue weighted by Crippen LogP contribution is 2.05. The molecular formula is C13H28N4O3S. The Bertz CT molecular complexity index is 419. The first-order valence-corrected chi connectivity index (χ1v) is 9.13. The molecule has 124 valence electrons. The van der Waals surface area contributed by atoms with Crippen LogP contribution in [0.15, 0.2) is 0 Å². The van der Waals surface area contributed by atoms with Gasteiger partial charge in [0.05, 0.1) is 6.54 Å². The van der Waals surface area contributed by atoms with E-state index in [0.717, 1.165) is 12.8 Å². The van der Waals surface area contributed by atoms with Gasteiger partial charge in [0.2, 0.25) is 5.91 Å². The van der Waals surface area contributed by atoms with Gasteiger partial charge in [-0.1, -0.05) is 26.2 Å². The molecule has 1 aliphatic rings. The first kappa shape index (κ1) is 18.3. The molecule has 0 bridgehead atoms. The van der Waals surface area contributed by atoms with E-state index in [0.29, 0.717) is 32.7 Å². The summed E-state index contributed by atoms with van der Waals surface area (Å²) in [5.74, 6) is 0.00283. The topological polar surface area (TPSA) is 95.7 Å². The van der Waals surface area contributed by atoms with Crippen molar-refractivity contribution in [1.82, 2.24) is 14.5 Å². The zero-order valence-electron chi connectivity index (χ0n) is 13.0. The molecule has 1 rings (SSSR count). The summed E-state index contributed by atoms with van der Waals surface area (Å²) in [7, 11) is -3.60. The number of nitrogens with one attached hydrogen (secondary N) is 1. The third-order valence-electron chi connectivity index (χ3n) is 3.71. The Kier molecular flexibility index (Phi) is 7.58. The largest absolute Gasteiger partial charge is 0.353 e. The number of amides is 1. The summed E-state index contributed by atoms with van der Waals surface area (Å²) in [5.41, 5.74) is 0. The van der Waals surface area contributed by atoms with Gasteiger partial charge in [0.25, 0.3) is 10.2 Å². The van der Waals surface area contributed by atoms with Crippen LogP contribution in [-0.4, -0.2) is 62.3 Å². The quantitative estimate of drug-likeness (QED) is 0.610. The van der Waals surface area contributed by atoms with E-state index in [4.69, 9.17) is 5.14 Å². The highest BCUT2D eigenvalue weighted by molar-refractivity contribution is 7.86. The Hall–Kier alpha value is -0.700. The molecule has 1 atom stereocenters. The molecule has 1 amide bonds. The fourth-order valence-electron chi connectivity index (χ4n) is 2.44. The van der Waals surface area contributed by atoms with E-state index in [1.807, 2.05) is 11.8 Å². The van der Waals surface area contributed by atoms with Crippen molar-refractivity contribution in [1.29, 1.82) is 0 Å². The molecular weight excluding hydrogens is 292 g/mol. The van der Waals surface area contributed by atoms with Gasteiger partial charge in [0.15, 0.2) is 0 Å². The Morgan fingerprint density at radius 3 is 2.38 bits per heavy atom. The molecule has 3 N–H and O–H groups in total. The van der Waals surface area contributed by atoms with Crippen LogP contribution in [0.25, 0.3) is 0 Å². The van der Waals surface area contributed by atoms with E-state index in [1.165, 1.54) is 17.1 Å². The summed E-state index contributed by atoms with van der Waals surface area (Å²) in [5, 5.41) is 8.07. The van der Waals surface area contributed by atoms with Crippen LogP contribution in [0.5, 0.6) is 0 Å². The molecule has 0 spiro atoms. The summed E-state index contributed by atoms with van der Waals surface area (Å²) in [6.45, 7) is 6.26. The lowest BCUT2D eigenvalue weighted by atomic mass is 10.1. The van der Waals surface area contributed by atoms with E-state index in [9.17, 15) is 13.2 Å². The zero-order chi connectivity index (χ0) is 15.9. The second-order valence-corrected chi connectivity index (χ2v) is 7.23. The number of rotatable bonds is 8. The number of hydrogen-bond acceptors (Lipinski definition) is 4. The zero-order valence-corrected chi connectivity index (χ0v) is 13.9. The fourth-order valence-corrected chi connectivity index (χ4v) is 3.11. The molecule has 0 saturated carbocycles. The minimum atomic E-state index is -3.60. The molecule has 1 unspecified atom stereocenters. The third kappa shape index (κ3) is 7.21. The van der Waals surface area contributed by atoms with Crippen LogP contribution in [0, 0.1) is 0 Å². The van der Waals surface area contributed by atoms with Crippen molar-refractivity contribution in [3.63, 3.8) is 0 Å². The van der Waals surface area contributed by atoms with Gasteiger partial charge in [-0.2, -0.15) is 12.7 Å². The Morgan fingerprint density at radius 2 is 1.86 bits per heavy atom. The van der Waals surface area contributed by atoms with Crippen LogP contribution < -0.4 is 10.5 Å². The Balaban J connectivity index is 2.24. The average Bonchev–Trinajstić information content (AvgIpc) is 2.38. The van der Waals surface area contributed by atoms with Gasteiger partial charge in [0.1, 0.15) is 0 Å². The second kappa shape index (κ2) is 8.67. The molecule has 8 heteroatoms. The highest BCUT2D eigenvalue weighted by atomic mass is 32.2. The van der Waals surface area contributed by atoms with E-state index in [1.54, 1.807) is 0 Å². The van der Waals surface area contributed by atoms with Crippen molar-refractivity contribution in [2.24, 2.45) is 5.14 Å². The summed E-state index contributed by atoms with van der Waals surface area (Å²) >= 11 is 0. The molecule has 1 aliphatic heterocycles. The number of nitrogens with two attached hydrogens (primary N) is 1. The summed E-state index contributed by atoms with van der Waals surface area (Å²) < 4.78 is 23.6. The molecule has 0 aromatic heterocycles. The Labute approximate surface area is 128 Å². The summed E-state index contributed by atoms with van der Waals surface area (Å²) in [6.07, 6.45) is 4.49. The maximum Gasteiger partial charge on any atom is 0.276 e. The Morgan fingerprint density at radius 1 is 1.24 bits per heavy atom. The van der Waals surface area contributed by atoms with Gasteiger partial charge in [0, 0.05) is 32.2 Å². The fraction of sp³-hybridized carbons (Fsp3) is 0.923. The minimum Gasteiger partial charge on any atom is -0.353 e. The second-order valence-electron chi connectivity index (χ2n) is 5.68. The minimum absolute atomic E-state index is 0.00283. The van der Waals surface area contributed by atoms with Crippen LogP contribution in [0.2, 0.25) is 0 Å². The lowest BCUT2D eigenvalue weighted by Gasteiger charge is -2.32. The van der Waals surface area contributed by atoms with Crippen molar-refractivity contribution in [2.75, 3.05) is 32.7 Å². The van der Waals surface area contributed by atoms with Crippen molar-refractivity contribution >= 4 is 16.1 Å². The molecule has 1 fully saturated rings. The van der Waals surface area contributed by atoms with E-state index < -0.39 is 10.2 Å². The molecule has 7 nitrogen and oxygen atoms in total. The molecule has 0 radical (unpaired) electrons. The van der Waals surface area contributed by atoms with Gasteiger partial charge in [-0.15, -0.1) is 0 Å². The van der Waals surface area contributed by atoms with E-state index in [-0.39, 0.29) is 11.9 Å². The van der Waals surface area contributed by atoms with Crippen molar-refractivity contribution in [3.8, 4) is 0 Å². The average molecular weight is 320 g/mol. The molecule has 1 saturated heterocycles. The first-order chi connectivity index (χ1) is 9.82. The summed E-state index contributed by atoms with van der Waals surface area (Å²) in [4.78, 5) is 13.9. The standard InChI is InChI=1S/C13H28N4O3S/c1-3-4-5-6-12(2)15-13(18)11-16-7-9-17(10-8-16)21(14,19)20/h12H,3-11H2,1-2H3,(H,15,18)(H2,14,19,20). The predicted octanol–water partition coefficient (Wildman–Crippen LogP) is -0.107.